The molecule has 136 valence electrons. The van der Waals surface area contributed by atoms with E-state index in [1.54, 1.807) is 4.90 Å². The topological polar surface area (TPSA) is 99.6 Å². The van der Waals surface area contributed by atoms with Crippen molar-refractivity contribution in [3.63, 3.8) is 0 Å². The number of hydrogen-bond donors (Lipinski definition) is 2. The molecule has 25 heavy (non-hydrogen) atoms. The normalized spacial score (nSPS) is 16.1. The van der Waals surface area contributed by atoms with Crippen molar-refractivity contribution in [2.24, 2.45) is 0 Å². The lowest BCUT2D eigenvalue weighted by molar-refractivity contribution is -0.139. The third-order valence-corrected chi connectivity index (χ3v) is 4.72. The molecule has 1 aliphatic rings. The molecule has 7 nitrogen and oxygen atoms in total. The molecule has 0 saturated heterocycles. The first-order valence-electron chi connectivity index (χ1n) is 8.75. The summed E-state index contributed by atoms with van der Waals surface area (Å²) in [5.41, 5.74) is -1.11. The minimum Gasteiger partial charge on any atom is -0.477 e. The fraction of sp³-hybridized carbons (Fsp3) is 0.556. The van der Waals surface area contributed by atoms with E-state index in [0.29, 0.717) is 25.9 Å². The summed E-state index contributed by atoms with van der Waals surface area (Å²) in [6.45, 7) is 4.99. The molecule has 1 heterocycles. The number of pyridine rings is 1. The van der Waals surface area contributed by atoms with E-state index in [0.717, 1.165) is 19.3 Å². The number of rotatable bonds is 6. The van der Waals surface area contributed by atoms with Gasteiger partial charge >= 0.3 is 5.97 Å². The van der Waals surface area contributed by atoms with Crippen LogP contribution in [-0.4, -0.2) is 51.4 Å². The van der Waals surface area contributed by atoms with Crippen LogP contribution in [0.3, 0.4) is 0 Å². The third kappa shape index (κ3) is 4.15. The molecule has 1 aromatic rings. The maximum Gasteiger partial charge on any atom is 0.354 e. The van der Waals surface area contributed by atoms with Crippen LogP contribution in [-0.2, 0) is 4.79 Å². The predicted octanol–water partition coefficient (Wildman–Crippen LogP) is 2.08. The Labute approximate surface area is 147 Å². The molecule has 1 fully saturated rings. The van der Waals surface area contributed by atoms with Gasteiger partial charge in [-0.25, -0.2) is 9.78 Å². The Morgan fingerprint density at radius 2 is 1.72 bits per heavy atom. The summed E-state index contributed by atoms with van der Waals surface area (Å²) in [6, 6.07) is 4.27. The smallest absolute Gasteiger partial charge is 0.354 e. The largest absolute Gasteiger partial charge is 0.477 e. The first-order valence-corrected chi connectivity index (χ1v) is 8.75. The van der Waals surface area contributed by atoms with Gasteiger partial charge in [-0.15, -0.1) is 0 Å². The van der Waals surface area contributed by atoms with Gasteiger partial charge in [0.25, 0.3) is 5.91 Å². The molecule has 2 amide bonds. The maximum atomic E-state index is 13.0. The summed E-state index contributed by atoms with van der Waals surface area (Å²) in [6.07, 6.45) is 3.96. The van der Waals surface area contributed by atoms with Crippen LogP contribution in [0.15, 0.2) is 18.2 Å². The second-order valence-electron chi connectivity index (χ2n) is 6.29. The molecule has 0 unspecified atom stereocenters. The summed E-state index contributed by atoms with van der Waals surface area (Å²) < 4.78 is 0. The van der Waals surface area contributed by atoms with Gasteiger partial charge in [-0.05, 0) is 38.8 Å². The van der Waals surface area contributed by atoms with Crippen molar-refractivity contribution in [2.75, 3.05) is 13.1 Å². The van der Waals surface area contributed by atoms with E-state index in [1.807, 2.05) is 13.8 Å². The first kappa shape index (κ1) is 18.9. The molecule has 0 atom stereocenters. The van der Waals surface area contributed by atoms with Crippen LogP contribution in [0.25, 0.3) is 0 Å². The molecule has 1 saturated carbocycles. The van der Waals surface area contributed by atoms with Crippen LogP contribution in [0.4, 0.5) is 0 Å². The summed E-state index contributed by atoms with van der Waals surface area (Å²) in [4.78, 5) is 42.3. The van der Waals surface area contributed by atoms with Crippen molar-refractivity contribution >= 4 is 17.8 Å². The lowest BCUT2D eigenvalue weighted by Gasteiger charge is -2.39. The van der Waals surface area contributed by atoms with Crippen molar-refractivity contribution in [1.29, 1.82) is 0 Å². The van der Waals surface area contributed by atoms with E-state index >= 15 is 0 Å². The second kappa shape index (κ2) is 8.09. The number of amides is 2. The Kier molecular flexibility index (Phi) is 6.12. The van der Waals surface area contributed by atoms with Gasteiger partial charge < -0.3 is 15.3 Å². The number of carbonyl (C=O) groups is 3. The number of aromatic nitrogens is 1. The SMILES string of the molecule is CCN(CC)C(=O)C1(NC(=O)c2cccc(C(=O)O)n2)CCCCC1. The Morgan fingerprint density at radius 1 is 1.12 bits per heavy atom. The molecular weight excluding hydrogens is 322 g/mol. The van der Waals surface area contributed by atoms with E-state index in [9.17, 15) is 14.4 Å². The summed E-state index contributed by atoms with van der Waals surface area (Å²) in [5, 5.41) is 11.9. The maximum absolute atomic E-state index is 13.0. The predicted molar refractivity (Wildman–Crippen MR) is 92.4 cm³/mol. The van der Waals surface area contributed by atoms with Gasteiger partial charge in [-0.3, -0.25) is 9.59 Å². The molecule has 0 aromatic carbocycles. The highest BCUT2D eigenvalue weighted by atomic mass is 16.4. The van der Waals surface area contributed by atoms with E-state index < -0.39 is 17.4 Å². The Bertz CT molecular complexity index is 649. The molecule has 0 bridgehead atoms. The summed E-state index contributed by atoms with van der Waals surface area (Å²) >= 11 is 0. The average Bonchev–Trinajstić information content (AvgIpc) is 2.63. The molecule has 0 radical (unpaired) electrons. The van der Waals surface area contributed by atoms with Crippen molar-refractivity contribution in [1.82, 2.24) is 15.2 Å². The van der Waals surface area contributed by atoms with E-state index in [-0.39, 0.29) is 17.3 Å². The van der Waals surface area contributed by atoms with E-state index in [4.69, 9.17) is 5.11 Å². The molecule has 2 N–H and O–H groups in total. The van der Waals surface area contributed by atoms with Crippen LogP contribution in [0.1, 0.15) is 66.9 Å². The number of nitrogens with one attached hydrogen (secondary N) is 1. The third-order valence-electron chi connectivity index (χ3n) is 4.72. The lowest BCUT2D eigenvalue weighted by Crippen LogP contribution is -2.60. The quantitative estimate of drug-likeness (QED) is 0.821. The zero-order valence-corrected chi connectivity index (χ0v) is 14.7. The number of carboxylic acids is 1. The lowest BCUT2D eigenvalue weighted by atomic mass is 9.80. The monoisotopic (exact) mass is 347 g/mol. The molecule has 1 aliphatic carbocycles. The summed E-state index contributed by atoms with van der Waals surface area (Å²) in [7, 11) is 0. The first-order chi connectivity index (χ1) is 11.9. The minimum absolute atomic E-state index is 0.0113. The van der Waals surface area contributed by atoms with Gasteiger partial charge in [0.2, 0.25) is 5.91 Å². The zero-order valence-electron chi connectivity index (χ0n) is 14.7. The number of carboxylic acid groups (broad SMARTS) is 1. The number of nitrogens with zero attached hydrogens (tertiary/aromatic N) is 2. The van der Waals surface area contributed by atoms with Crippen LogP contribution in [0, 0.1) is 0 Å². The molecule has 7 heteroatoms. The Balaban J connectivity index is 2.27. The second-order valence-corrected chi connectivity index (χ2v) is 6.29. The highest BCUT2D eigenvalue weighted by molar-refractivity contribution is 5.99. The highest BCUT2D eigenvalue weighted by Gasteiger charge is 2.43. The van der Waals surface area contributed by atoms with Gasteiger partial charge in [0.05, 0.1) is 0 Å². The van der Waals surface area contributed by atoms with Gasteiger partial charge in [0.15, 0.2) is 0 Å². The molecule has 0 aliphatic heterocycles. The number of hydrogen-bond acceptors (Lipinski definition) is 4. The molecular formula is C18H25N3O4. The Hall–Kier alpha value is -2.44. The van der Waals surface area contributed by atoms with Gasteiger partial charge in [0.1, 0.15) is 16.9 Å². The van der Waals surface area contributed by atoms with E-state index in [1.165, 1.54) is 18.2 Å². The molecule has 1 aromatic heterocycles. The number of aromatic carboxylic acids is 1. The average molecular weight is 347 g/mol. The number of likely N-dealkylation sites (N-methyl/N-ethyl adjacent to an activating group) is 1. The fourth-order valence-electron chi connectivity index (χ4n) is 3.32. The van der Waals surface area contributed by atoms with Crippen molar-refractivity contribution < 1.29 is 19.5 Å². The van der Waals surface area contributed by atoms with Crippen LogP contribution >= 0.6 is 0 Å². The Morgan fingerprint density at radius 3 is 2.28 bits per heavy atom. The zero-order chi connectivity index (χ0) is 18.4. The number of carbonyl (C=O) groups excluding carboxylic acids is 2. The van der Waals surface area contributed by atoms with E-state index in [2.05, 4.69) is 10.3 Å². The van der Waals surface area contributed by atoms with Crippen molar-refractivity contribution in [2.45, 2.75) is 51.5 Å². The van der Waals surface area contributed by atoms with Crippen molar-refractivity contribution in [3.05, 3.63) is 29.6 Å². The van der Waals surface area contributed by atoms with Crippen molar-refractivity contribution in [3.8, 4) is 0 Å². The fourth-order valence-corrected chi connectivity index (χ4v) is 3.32. The molecule has 0 spiro atoms. The highest BCUT2D eigenvalue weighted by Crippen LogP contribution is 2.30. The van der Waals surface area contributed by atoms with Crippen LogP contribution < -0.4 is 5.32 Å². The standard InChI is InChI=1S/C18H25N3O4/c1-3-21(4-2)17(25)18(11-6-5-7-12-18)20-15(22)13-9-8-10-14(19-13)16(23)24/h8-10H,3-7,11-12H2,1-2H3,(H,20,22)(H,23,24). The van der Waals surface area contributed by atoms with Gasteiger partial charge in [-0.2, -0.15) is 0 Å². The minimum atomic E-state index is -1.19. The summed E-state index contributed by atoms with van der Waals surface area (Å²) in [5.74, 6) is -1.77. The van der Waals surface area contributed by atoms with Gasteiger partial charge in [-0.1, -0.05) is 25.3 Å². The molecule has 2 rings (SSSR count). The van der Waals surface area contributed by atoms with Crippen LogP contribution in [0.2, 0.25) is 0 Å². The van der Waals surface area contributed by atoms with Crippen LogP contribution in [0.5, 0.6) is 0 Å². The van der Waals surface area contributed by atoms with Gasteiger partial charge in [0, 0.05) is 13.1 Å².